The lowest BCUT2D eigenvalue weighted by Gasteiger charge is -2.06. The van der Waals surface area contributed by atoms with Crippen molar-refractivity contribution in [3.8, 4) is 0 Å². The summed E-state index contributed by atoms with van der Waals surface area (Å²) < 4.78 is 7.12. The molecule has 0 atom stereocenters. The molecule has 1 aliphatic rings. The Labute approximate surface area is 48.6 Å². The molecule has 0 radical (unpaired) electrons. The summed E-state index contributed by atoms with van der Waals surface area (Å²) in [5.41, 5.74) is 0. The molecule has 0 saturated carbocycles. The molecule has 0 aromatic heterocycles. The predicted octanol–water partition coefficient (Wildman–Crippen LogP) is -2.32. The summed E-state index contributed by atoms with van der Waals surface area (Å²) in [6, 6.07) is 0. The van der Waals surface area contributed by atoms with Crippen LogP contribution in [0.4, 0.5) is 0 Å². The van der Waals surface area contributed by atoms with Crippen molar-refractivity contribution in [3.05, 3.63) is 0 Å². The molecular weight excluding hydrogens is 132 g/mol. The van der Waals surface area contributed by atoms with E-state index in [0.717, 1.165) is 0 Å². The molecule has 1 saturated heterocycles. The van der Waals surface area contributed by atoms with Gasteiger partial charge in [0.25, 0.3) is 0 Å². The van der Waals surface area contributed by atoms with E-state index in [4.69, 9.17) is 10.2 Å². The van der Waals surface area contributed by atoms with E-state index >= 15 is 0 Å². The third kappa shape index (κ3) is 0.980. The first kappa shape index (κ1) is 5.99. The Morgan fingerprint density at radius 2 is 1.44 bits per heavy atom. The number of carbonyl (C=O) groups excluding carboxylic acids is 2. The smallest absolute Gasteiger partial charge is 0.365 e. The summed E-state index contributed by atoms with van der Waals surface area (Å²) in [7, 11) is 0. The van der Waals surface area contributed by atoms with Crippen LogP contribution in [0.3, 0.4) is 0 Å². The van der Waals surface area contributed by atoms with Crippen LogP contribution in [0, 0.1) is 0 Å². The van der Waals surface area contributed by atoms with Gasteiger partial charge < -0.3 is 9.47 Å². The molecule has 1 heterocycles. The Kier molecular flexibility index (Phi) is 0.948. The second kappa shape index (κ2) is 1.42. The van der Waals surface area contributed by atoms with E-state index < -0.39 is 18.1 Å². The van der Waals surface area contributed by atoms with Gasteiger partial charge in [-0.15, -0.1) is 0 Å². The summed E-state index contributed by atoms with van der Waals surface area (Å²) in [6.45, 7) is 0. The molecule has 50 valence electrons. The van der Waals surface area contributed by atoms with Crippen LogP contribution in [0.25, 0.3) is 0 Å². The second-order valence-corrected chi connectivity index (χ2v) is 1.33. The van der Waals surface area contributed by atoms with Gasteiger partial charge in [0.05, 0.1) is 0 Å². The van der Waals surface area contributed by atoms with Gasteiger partial charge in [0.15, 0.2) is 0 Å². The fourth-order valence-corrected chi connectivity index (χ4v) is 0.346. The summed E-state index contributed by atoms with van der Waals surface area (Å²) in [5.74, 6) is -2.83. The normalized spacial score (nSPS) is 23.3. The predicted molar refractivity (Wildman–Crippen MR) is 19.4 cm³/mol. The Hall–Kier alpha value is -1.14. The lowest BCUT2D eigenvalue weighted by molar-refractivity contribution is -0.412. The summed E-state index contributed by atoms with van der Waals surface area (Å²) >= 11 is 0. The van der Waals surface area contributed by atoms with E-state index in [0.29, 0.717) is 0 Å². The van der Waals surface area contributed by atoms with Crippen molar-refractivity contribution in [1.82, 2.24) is 0 Å². The van der Waals surface area contributed by atoms with Gasteiger partial charge in [-0.05, 0) is 0 Å². The minimum absolute atomic E-state index is 1.42. The molecule has 1 rings (SSSR count). The highest BCUT2D eigenvalue weighted by atomic mass is 17.0. The van der Waals surface area contributed by atoms with Crippen LogP contribution in [-0.2, 0) is 19.1 Å². The number of hydrogen-bond acceptors (Lipinski definition) is 6. The number of ether oxygens (including phenoxy) is 2. The van der Waals surface area contributed by atoms with Crippen molar-refractivity contribution in [3.63, 3.8) is 0 Å². The maximum absolute atomic E-state index is 9.97. The summed E-state index contributed by atoms with van der Waals surface area (Å²) in [4.78, 5) is 19.9. The molecule has 1 fully saturated rings. The quantitative estimate of drug-likeness (QED) is 0.219. The number of esters is 2. The lowest BCUT2D eigenvalue weighted by atomic mass is 10.7. The van der Waals surface area contributed by atoms with Gasteiger partial charge in [-0.1, -0.05) is 0 Å². The van der Waals surface area contributed by atoms with Gasteiger partial charge in [0.2, 0.25) is 0 Å². The molecule has 0 aromatic rings. The van der Waals surface area contributed by atoms with Crippen molar-refractivity contribution in [2.24, 2.45) is 0 Å². The van der Waals surface area contributed by atoms with E-state index in [1.165, 1.54) is 0 Å². The number of aliphatic hydroxyl groups is 2. The number of carbonyl (C=O) groups is 2. The first-order valence-corrected chi connectivity index (χ1v) is 1.92. The van der Waals surface area contributed by atoms with Crippen molar-refractivity contribution in [2.75, 3.05) is 0 Å². The van der Waals surface area contributed by atoms with E-state index in [9.17, 15) is 9.59 Å². The molecule has 0 aromatic carbocycles. The van der Waals surface area contributed by atoms with Crippen LogP contribution in [0.5, 0.6) is 0 Å². The van der Waals surface area contributed by atoms with Crippen LogP contribution in [0.2, 0.25) is 0 Å². The third-order valence-corrected chi connectivity index (χ3v) is 0.618. The van der Waals surface area contributed by atoms with Crippen LogP contribution in [-0.4, -0.2) is 28.3 Å². The van der Waals surface area contributed by atoms with Gasteiger partial charge in [-0.2, -0.15) is 0 Å². The average molecular weight is 134 g/mol. The highest BCUT2D eigenvalue weighted by Crippen LogP contribution is 2.12. The van der Waals surface area contributed by atoms with E-state index in [2.05, 4.69) is 9.47 Å². The maximum Gasteiger partial charge on any atom is 0.509 e. The summed E-state index contributed by atoms with van der Waals surface area (Å²) in [5, 5.41) is 16.4. The van der Waals surface area contributed by atoms with Gasteiger partial charge in [-0.3, -0.25) is 10.2 Å². The molecule has 0 aliphatic carbocycles. The Balaban J connectivity index is 2.76. The number of hydrogen-bond donors (Lipinski definition) is 2. The standard InChI is InChI=1S/C3H2O6/c4-1-2(5)9-3(6,7)8-1/h6-7H. The van der Waals surface area contributed by atoms with Crippen molar-refractivity contribution >= 4 is 11.9 Å². The topological polar surface area (TPSA) is 93.1 Å². The van der Waals surface area contributed by atoms with Crippen LogP contribution < -0.4 is 0 Å². The summed E-state index contributed by atoms with van der Waals surface area (Å²) in [6.07, 6.45) is -3.06. The molecule has 1 aliphatic heterocycles. The molecule has 6 heteroatoms. The largest absolute Gasteiger partial charge is 0.509 e. The maximum atomic E-state index is 9.97. The van der Waals surface area contributed by atoms with Crippen LogP contribution >= 0.6 is 0 Å². The van der Waals surface area contributed by atoms with E-state index in [-0.39, 0.29) is 0 Å². The molecule has 0 unspecified atom stereocenters. The van der Waals surface area contributed by atoms with Crippen molar-refractivity contribution in [1.29, 1.82) is 0 Å². The number of cyclic esters (lactones) is 2. The molecule has 0 bridgehead atoms. The van der Waals surface area contributed by atoms with Crippen LogP contribution in [0.1, 0.15) is 0 Å². The third-order valence-electron chi connectivity index (χ3n) is 0.618. The fourth-order valence-electron chi connectivity index (χ4n) is 0.346. The lowest BCUT2D eigenvalue weighted by Crippen LogP contribution is -2.28. The van der Waals surface area contributed by atoms with Crippen molar-refractivity contribution < 1.29 is 29.3 Å². The molecular formula is C3H2O6. The Morgan fingerprint density at radius 3 is 1.56 bits per heavy atom. The second-order valence-electron chi connectivity index (χ2n) is 1.33. The molecule has 9 heavy (non-hydrogen) atoms. The fraction of sp³-hybridized carbons (Fsp3) is 0.333. The minimum atomic E-state index is -3.06. The molecule has 0 amide bonds. The zero-order chi connectivity index (χ0) is 7.07. The van der Waals surface area contributed by atoms with Gasteiger partial charge in [0, 0.05) is 0 Å². The van der Waals surface area contributed by atoms with E-state index in [1.54, 1.807) is 0 Å². The number of rotatable bonds is 0. The average Bonchev–Trinajstić information content (AvgIpc) is 1.79. The zero-order valence-electron chi connectivity index (χ0n) is 4.03. The molecule has 6 nitrogen and oxygen atoms in total. The first-order valence-electron chi connectivity index (χ1n) is 1.92. The minimum Gasteiger partial charge on any atom is -0.365 e. The van der Waals surface area contributed by atoms with Gasteiger partial charge >= 0.3 is 18.1 Å². The highest BCUT2D eigenvalue weighted by Gasteiger charge is 2.46. The monoisotopic (exact) mass is 134 g/mol. The van der Waals surface area contributed by atoms with Gasteiger partial charge in [-0.25, -0.2) is 9.59 Å². The Bertz CT molecular complexity index is 151. The SMILES string of the molecule is O=C1OC(O)(O)OC1=O. The molecule has 2 N–H and O–H groups in total. The van der Waals surface area contributed by atoms with Crippen molar-refractivity contribution in [2.45, 2.75) is 6.16 Å². The first-order chi connectivity index (χ1) is 4.01. The Morgan fingerprint density at radius 1 is 1.11 bits per heavy atom. The van der Waals surface area contributed by atoms with Gasteiger partial charge in [0.1, 0.15) is 0 Å². The van der Waals surface area contributed by atoms with Crippen LogP contribution in [0.15, 0.2) is 0 Å². The molecule has 0 spiro atoms. The highest BCUT2D eigenvalue weighted by molar-refractivity contribution is 6.31. The van der Waals surface area contributed by atoms with E-state index in [1.807, 2.05) is 0 Å². The zero-order valence-corrected chi connectivity index (χ0v) is 4.03.